The van der Waals surface area contributed by atoms with E-state index in [0.717, 1.165) is 38.5 Å². The molecule has 51 heavy (non-hydrogen) atoms. The van der Waals surface area contributed by atoms with Crippen LogP contribution in [-0.4, -0.2) is 143 Å². The van der Waals surface area contributed by atoms with Crippen molar-refractivity contribution in [3.8, 4) is 0 Å². The molecule has 15 heteroatoms. The average molecular weight is 880 g/mol. The molecule has 10 N–H and O–H groups in total. The predicted octanol–water partition coefficient (Wildman–Crippen LogP) is 2.07. The first-order valence-electron chi connectivity index (χ1n) is 18.8. The molecule has 0 rings (SSSR count). The summed E-state index contributed by atoms with van der Waals surface area (Å²) in [6, 6.07) is 0. The second-order valence-corrected chi connectivity index (χ2v) is 18.5. The number of hydrogen-bond acceptors (Lipinski definition) is 14. The molecule has 0 aliphatic carbocycles. The number of unbranched alkanes of at least 4 members (excludes halogenated alkanes) is 4. The van der Waals surface area contributed by atoms with E-state index in [1.807, 2.05) is 27.7 Å². The Balaban J connectivity index is -0.000000731. The van der Waals surface area contributed by atoms with E-state index in [1.54, 1.807) is 8.87 Å². The summed E-state index contributed by atoms with van der Waals surface area (Å²) in [6.45, 7) is 10.8. The molecule has 0 radical (unpaired) electrons. The predicted molar refractivity (Wildman–Crippen MR) is 206 cm³/mol. The standard InChI is InChI=1S/2C14H28O6S.2C4H9.Sn/c2*1-3-5-6-9(4-2)7-14(20,13(19)21)12(18)11(17)10(16)8-15;2*1-3-4-2;/h2*9-12,15-18,20H,3-8H2,1-2H3,(H,19,21);2*1,3-4H2,2H3;/q;;;;+2/p-2/t2*9?,10-,11-,12+,14-;;;/m11.../s1. The van der Waals surface area contributed by atoms with Crippen molar-refractivity contribution in [2.45, 2.75) is 188 Å². The van der Waals surface area contributed by atoms with Gasteiger partial charge in [0.25, 0.3) is 0 Å². The van der Waals surface area contributed by atoms with E-state index in [0.29, 0.717) is 12.8 Å². The first-order chi connectivity index (χ1) is 23.9. The van der Waals surface area contributed by atoms with Crippen LogP contribution in [-0.2, 0) is 34.8 Å². The summed E-state index contributed by atoms with van der Waals surface area (Å²) in [5.41, 5.74) is -4.61. The van der Waals surface area contributed by atoms with Crippen LogP contribution in [0, 0.1) is 11.8 Å². The van der Waals surface area contributed by atoms with Crippen molar-refractivity contribution in [1.29, 1.82) is 0 Å². The minimum atomic E-state index is -2.31. The molecule has 0 heterocycles. The van der Waals surface area contributed by atoms with E-state index < -0.39 is 71.3 Å². The van der Waals surface area contributed by atoms with Crippen LogP contribution < -0.4 is 0 Å². The van der Waals surface area contributed by atoms with Gasteiger partial charge in [-0.15, -0.1) is 0 Å². The Morgan fingerprint density at radius 2 is 0.863 bits per heavy atom. The fourth-order valence-corrected chi connectivity index (χ4v) is 9.91. The third-order valence-electron chi connectivity index (χ3n) is 9.20. The summed E-state index contributed by atoms with van der Waals surface area (Å²) >= 11 is 9.16. The molecule has 2 unspecified atom stereocenters. The maximum absolute atomic E-state index is 11.6. The molecule has 0 aliphatic heterocycles. The molecular formula is C36H72O12S2Sn. The zero-order valence-corrected chi connectivity index (χ0v) is 36.4. The van der Waals surface area contributed by atoms with Crippen molar-refractivity contribution in [3.63, 3.8) is 0 Å². The van der Waals surface area contributed by atoms with Crippen LogP contribution in [0.2, 0.25) is 8.87 Å². The van der Waals surface area contributed by atoms with Crippen molar-refractivity contribution in [3.05, 3.63) is 0 Å². The van der Waals surface area contributed by atoms with Crippen LogP contribution in [0.4, 0.5) is 0 Å². The first kappa shape index (κ1) is 55.5. The number of carbonyl (C=O) groups is 2. The van der Waals surface area contributed by atoms with E-state index in [2.05, 4.69) is 39.1 Å². The fourth-order valence-electron chi connectivity index (χ4n) is 5.35. The van der Waals surface area contributed by atoms with Crippen molar-refractivity contribution >= 4 is 56.6 Å². The Bertz CT molecular complexity index is 797. The van der Waals surface area contributed by atoms with Gasteiger partial charge in [0, 0.05) is 10.2 Å². The number of hydrogen-bond donors (Lipinski definition) is 10. The summed E-state index contributed by atoms with van der Waals surface area (Å²) in [5.74, 6) is -0.0649. The Hall–Kier alpha value is 0.179. The average Bonchev–Trinajstić information content (AvgIpc) is 3.12. The molecule has 0 saturated carbocycles. The van der Waals surface area contributed by atoms with Crippen LogP contribution in [0.1, 0.15) is 131 Å². The Morgan fingerprint density at radius 1 is 0.569 bits per heavy atom. The zero-order chi connectivity index (χ0) is 40.2. The van der Waals surface area contributed by atoms with Gasteiger partial charge < -0.3 is 85.9 Å². The zero-order valence-electron chi connectivity index (χ0n) is 32.0. The molecule has 0 aromatic rings. The molecular weight excluding hydrogens is 807 g/mol. The Kier molecular flexibility index (Phi) is 35.3. The van der Waals surface area contributed by atoms with Gasteiger partial charge in [-0.25, -0.2) is 0 Å². The first-order valence-corrected chi connectivity index (χ1v) is 23.6. The molecule has 0 spiro atoms. The fraction of sp³-hybridized carbons (Fsp3) is 0.944. The van der Waals surface area contributed by atoms with Crippen molar-refractivity contribution in [1.82, 2.24) is 0 Å². The number of aliphatic hydroxyl groups excluding tert-OH is 8. The van der Waals surface area contributed by atoms with E-state index >= 15 is 0 Å². The summed E-state index contributed by atoms with van der Waals surface area (Å²) in [7, 11) is 0. The third kappa shape index (κ3) is 22.4. The van der Waals surface area contributed by atoms with Crippen molar-refractivity contribution in [2.24, 2.45) is 11.8 Å². The molecule has 304 valence electrons. The number of aliphatic hydroxyl groups is 10. The van der Waals surface area contributed by atoms with Crippen LogP contribution in [0.15, 0.2) is 0 Å². The van der Waals surface area contributed by atoms with E-state index in [-0.39, 0.29) is 45.8 Å². The number of rotatable bonds is 28. The molecule has 0 saturated heterocycles. The van der Waals surface area contributed by atoms with Crippen molar-refractivity contribution in [2.75, 3.05) is 13.2 Å². The summed E-state index contributed by atoms with van der Waals surface area (Å²) in [4.78, 5) is 23.2. The monoisotopic (exact) mass is 880 g/mol. The van der Waals surface area contributed by atoms with Crippen LogP contribution in [0.25, 0.3) is 0 Å². The minimum absolute atomic E-state index is 0.0324. The van der Waals surface area contributed by atoms with Gasteiger partial charge in [0.2, 0.25) is 0 Å². The molecule has 10 atom stereocenters. The molecule has 0 fully saturated rings. The van der Waals surface area contributed by atoms with Gasteiger partial charge in [-0.1, -0.05) is 79.1 Å². The van der Waals surface area contributed by atoms with Gasteiger partial charge in [0.15, 0.2) is 0 Å². The summed E-state index contributed by atoms with van der Waals surface area (Å²) in [6.07, 6.45) is 1.45. The van der Waals surface area contributed by atoms with Gasteiger partial charge in [-0.2, -0.15) is 0 Å². The number of carbonyl (C=O) groups excluding carboxylic acids is 2. The van der Waals surface area contributed by atoms with Gasteiger partial charge in [-0.05, 0) is 24.7 Å². The van der Waals surface area contributed by atoms with E-state index in [1.165, 1.54) is 25.7 Å². The SMILES string of the molecule is CCCCC(CC)C[C@](O)(C(=O)[S-])[C@@H](O)[C@H](O)[C@H](O)CO.CCCCC(CC)C[C@](O)(C(=O)[S-])[C@@H](O)[C@H](O)[C@H](O)CO.CCC[CH2][Sn+2][CH2]CCC. The normalized spacial score (nSPS) is 18.4. The Morgan fingerprint density at radius 3 is 1.08 bits per heavy atom. The van der Waals surface area contributed by atoms with E-state index in [4.69, 9.17) is 10.2 Å². The second-order valence-electron chi connectivity index (χ2n) is 13.5. The van der Waals surface area contributed by atoms with Gasteiger partial charge in [0.1, 0.15) is 47.8 Å². The van der Waals surface area contributed by atoms with Gasteiger partial charge in [0.05, 0.1) is 13.2 Å². The maximum atomic E-state index is 11.6. The van der Waals surface area contributed by atoms with E-state index in [9.17, 15) is 50.4 Å². The summed E-state index contributed by atoms with van der Waals surface area (Å²) in [5, 5.41) is 94.4. The Labute approximate surface area is 328 Å². The molecule has 12 nitrogen and oxygen atoms in total. The van der Waals surface area contributed by atoms with Crippen molar-refractivity contribution < 1.29 is 60.7 Å². The quantitative estimate of drug-likeness (QED) is 0.0308. The molecule has 0 aliphatic rings. The van der Waals surface area contributed by atoms with Crippen LogP contribution in [0.5, 0.6) is 0 Å². The van der Waals surface area contributed by atoms with Gasteiger partial charge in [-0.3, -0.25) is 0 Å². The third-order valence-corrected chi connectivity index (χ3v) is 13.9. The molecule has 0 aromatic heterocycles. The second kappa shape index (κ2) is 32.4. The summed E-state index contributed by atoms with van der Waals surface area (Å²) < 4.78 is 3.25. The molecule has 0 amide bonds. The van der Waals surface area contributed by atoms with Gasteiger partial charge >= 0.3 is 69.5 Å². The topological polar surface area (TPSA) is 236 Å². The molecule has 0 aromatic carbocycles. The molecule has 0 bridgehead atoms. The van der Waals surface area contributed by atoms with Crippen LogP contribution in [0.3, 0.4) is 0 Å². The van der Waals surface area contributed by atoms with Crippen LogP contribution >= 0.6 is 0 Å².